The highest BCUT2D eigenvalue weighted by Gasteiger charge is 2.49. The Kier molecular flexibility index (Phi) is 4.25. The molecule has 5 nitrogen and oxygen atoms in total. The largest absolute Gasteiger partial charge is 0.410 e. The molecule has 0 amide bonds. The van der Waals surface area contributed by atoms with E-state index in [1.54, 1.807) is 7.11 Å². The summed E-state index contributed by atoms with van der Waals surface area (Å²) in [6, 6.07) is 0. The summed E-state index contributed by atoms with van der Waals surface area (Å²) in [6.45, 7) is 0.373. The van der Waals surface area contributed by atoms with Crippen LogP contribution in [0.2, 0.25) is 0 Å². The summed E-state index contributed by atoms with van der Waals surface area (Å²) in [7, 11) is 1.59. The van der Waals surface area contributed by atoms with Crippen molar-refractivity contribution in [2.24, 2.45) is 5.16 Å². The van der Waals surface area contributed by atoms with E-state index < -0.39 is 11.9 Å². The number of methoxy groups -OCH3 is 1. The molecule has 2 fully saturated rings. The van der Waals surface area contributed by atoms with Gasteiger partial charge in [-0.15, -0.1) is 0 Å². The van der Waals surface area contributed by atoms with Crippen molar-refractivity contribution >= 4 is 16.8 Å². The van der Waals surface area contributed by atoms with Crippen LogP contribution in [0, 0.1) is 0 Å². The van der Waals surface area contributed by atoms with Crippen LogP contribution in [0.3, 0.4) is 0 Å². The first-order valence-electron chi connectivity index (χ1n) is 5.93. The highest BCUT2D eigenvalue weighted by Crippen LogP contribution is 2.41. The van der Waals surface area contributed by atoms with Crippen LogP contribution in [0.5, 0.6) is 0 Å². The van der Waals surface area contributed by atoms with E-state index in [-0.39, 0.29) is 11.3 Å². The molecule has 98 valence electrons. The van der Waals surface area contributed by atoms with Crippen molar-refractivity contribution < 1.29 is 19.4 Å². The van der Waals surface area contributed by atoms with Gasteiger partial charge < -0.3 is 19.4 Å². The predicted octanol–water partition coefficient (Wildman–Crippen LogP) is 2.10. The first-order chi connectivity index (χ1) is 8.21. The molecule has 1 N–H and O–H groups in total. The van der Waals surface area contributed by atoms with Gasteiger partial charge in [0.15, 0.2) is 11.0 Å². The Morgan fingerprint density at radius 2 is 2.12 bits per heavy atom. The Morgan fingerprint density at radius 1 is 1.41 bits per heavy atom. The standard InChI is InChI=1S/C11H18ClNO4/c1-15-7-8-9(10(12)13-14)17-11(16-8)5-3-2-4-6-11/h8-9,14H,2-7H2,1H3/b13-10-. The van der Waals surface area contributed by atoms with Crippen LogP contribution in [0.1, 0.15) is 32.1 Å². The summed E-state index contributed by atoms with van der Waals surface area (Å²) >= 11 is 5.84. The van der Waals surface area contributed by atoms with Crippen molar-refractivity contribution in [3.63, 3.8) is 0 Å². The quantitative estimate of drug-likeness (QED) is 0.481. The Hall–Kier alpha value is -0.360. The van der Waals surface area contributed by atoms with Crippen LogP contribution in [0.4, 0.5) is 0 Å². The van der Waals surface area contributed by atoms with Crippen molar-refractivity contribution in [1.82, 2.24) is 0 Å². The maximum Gasteiger partial charge on any atom is 0.176 e. The molecule has 1 saturated carbocycles. The van der Waals surface area contributed by atoms with E-state index in [0.717, 1.165) is 25.7 Å². The molecule has 2 atom stereocenters. The minimum atomic E-state index is -0.559. The molecule has 6 heteroatoms. The molecule has 1 saturated heterocycles. The van der Waals surface area contributed by atoms with Gasteiger partial charge in [-0.25, -0.2) is 0 Å². The first-order valence-corrected chi connectivity index (χ1v) is 6.30. The summed E-state index contributed by atoms with van der Waals surface area (Å²) in [4.78, 5) is 0. The molecule has 1 aliphatic heterocycles. The molecule has 17 heavy (non-hydrogen) atoms. The van der Waals surface area contributed by atoms with Crippen LogP contribution >= 0.6 is 11.6 Å². The minimum absolute atomic E-state index is 0.0227. The van der Waals surface area contributed by atoms with Crippen molar-refractivity contribution in [3.05, 3.63) is 0 Å². The predicted molar refractivity (Wildman–Crippen MR) is 62.5 cm³/mol. The Morgan fingerprint density at radius 3 is 2.71 bits per heavy atom. The molecule has 0 aromatic carbocycles. The van der Waals surface area contributed by atoms with E-state index in [1.807, 2.05) is 0 Å². The lowest BCUT2D eigenvalue weighted by Crippen LogP contribution is -2.34. The number of rotatable bonds is 3. The molecule has 1 spiro atoms. The molecule has 1 aliphatic carbocycles. The molecule has 1 heterocycles. The SMILES string of the molecule is COCC1OC2(CCCCC2)OC1/C(Cl)=N/O. The monoisotopic (exact) mass is 263 g/mol. The second-order valence-corrected chi connectivity index (χ2v) is 4.93. The fourth-order valence-electron chi connectivity index (χ4n) is 2.54. The lowest BCUT2D eigenvalue weighted by atomic mass is 9.94. The summed E-state index contributed by atoms with van der Waals surface area (Å²) in [5.74, 6) is -0.559. The fourth-order valence-corrected chi connectivity index (χ4v) is 2.73. The third-order valence-electron chi connectivity index (χ3n) is 3.32. The zero-order valence-electron chi connectivity index (χ0n) is 9.89. The highest BCUT2D eigenvalue weighted by molar-refractivity contribution is 6.66. The summed E-state index contributed by atoms with van der Waals surface area (Å²) in [5.41, 5.74) is 0. The summed E-state index contributed by atoms with van der Waals surface area (Å²) < 4.78 is 16.9. The van der Waals surface area contributed by atoms with Crippen LogP contribution in [0.15, 0.2) is 5.16 Å². The molecule has 0 aromatic rings. The van der Waals surface area contributed by atoms with Gasteiger partial charge in [0.2, 0.25) is 0 Å². The summed E-state index contributed by atoms with van der Waals surface area (Å²) in [6.07, 6.45) is 4.26. The number of oxime groups is 1. The van der Waals surface area contributed by atoms with Gasteiger partial charge in [0.05, 0.1) is 6.61 Å². The molecule has 0 aromatic heterocycles. The second-order valence-electron chi connectivity index (χ2n) is 4.54. The second kappa shape index (κ2) is 5.52. The normalized spacial score (nSPS) is 33.2. The summed E-state index contributed by atoms with van der Waals surface area (Å²) in [5, 5.41) is 11.8. The zero-order valence-corrected chi connectivity index (χ0v) is 10.7. The van der Waals surface area contributed by atoms with E-state index in [4.69, 9.17) is 31.0 Å². The highest BCUT2D eigenvalue weighted by atomic mass is 35.5. The number of nitrogens with zero attached hydrogens (tertiary/aromatic N) is 1. The lowest BCUT2D eigenvalue weighted by molar-refractivity contribution is -0.193. The minimum Gasteiger partial charge on any atom is -0.410 e. The van der Waals surface area contributed by atoms with Gasteiger partial charge in [0.25, 0.3) is 0 Å². The first kappa shape index (κ1) is 13.1. The van der Waals surface area contributed by atoms with Gasteiger partial charge >= 0.3 is 0 Å². The van der Waals surface area contributed by atoms with Crippen molar-refractivity contribution in [2.45, 2.75) is 50.1 Å². The van der Waals surface area contributed by atoms with Crippen LogP contribution in [0.25, 0.3) is 0 Å². The molecule has 2 aliphatic rings. The molecule has 0 bridgehead atoms. The molecule has 2 rings (SSSR count). The van der Waals surface area contributed by atoms with Gasteiger partial charge in [-0.2, -0.15) is 0 Å². The number of hydrogen-bond donors (Lipinski definition) is 1. The van der Waals surface area contributed by atoms with E-state index in [9.17, 15) is 0 Å². The average Bonchev–Trinajstić information content (AvgIpc) is 2.68. The topological polar surface area (TPSA) is 60.3 Å². The van der Waals surface area contributed by atoms with Crippen LogP contribution in [-0.2, 0) is 14.2 Å². The third kappa shape index (κ3) is 2.73. The van der Waals surface area contributed by atoms with Crippen molar-refractivity contribution in [1.29, 1.82) is 0 Å². The maximum absolute atomic E-state index is 8.75. The molecule has 2 unspecified atom stereocenters. The fraction of sp³-hybridized carbons (Fsp3) is 0.909. The van der Waals surface area contributed by atoms with E-state index in [0.29, 0.717) is 6.61 Å². The zero-order chi connectivity index (χ0) is 12.3. The molecular formula is C11H18ClNO4. The number of ether oxygens (including phenoxy) is 3. The van der Waals surface area contributed by atoms with Crippen molar-refractivity contribution in [2.75, 3.05) is 13.7 Å². The third-order valence-corrected chi connectivity index (χ3v) is 3.61. The van der Waals surface area contributed by atoms with E-state index >= 15 is 0 Å². The number of hydrogen-bond acceptors (Lipinski definition) is 5. The Bertz CT molecular complexity index is 291. The van der Waals surface area contributed by atoms with Gasteiger partial charge in [-0.05, 0) is 12.8 Å². The van der Waals surface area contributed by atoms with Gasteiger partial charge in [0, 0.05) is 20.0 Å². The van der Waals surface area contributed by atoms with Gasteiger partial charge in [0.1, 0.15) is 12.2 Å². The van der Waals surface area contributed by atoms with Crippen molar-refractivity contribution in [3.8, 4) is 0 Å². The lowest BCUT2D eigenvalue weighted by Gasteiger charge is -2.31. The van der Waals surface area contributed by atoms with Crippen LogP contribution in [-0.4, -0.2) is 42.1 Å². The van der Waals surface area contributed by atoms with Crippen LogP contribution < -0.4 is 0 Å². The number of halogens is 1. The smallest absolute Gasteiger partial charge is 0.176 e. The molecular weight excluding hydrogens is 246 g/mol. The van der Waals surface area contributed by atoms with E-state index in [1.165, 1.54) is 6.42 Å². The van der Waals surface area contributed by atoms with Gasteiger partial charge in [-0.1, -0.05) is 23.2 Å². The van der Waals surface area contributed by atoms with Gasteiger partial charge in [-0.3, -0.25) is 0 Å². The molecule has 0 radical (unpaired) electrons. The maximum atomic E-state index is 8.75. The Balaban J connectivity index is 2.10. The average molecular weight is 264 g/mol. The van der Waals surface area contributed by atoms with E-state index in [2.05, 4.69) is 5.16 Å². The Labute approximate surface area is 106 Å².